The maximum absolute atomic E-state index is 5.43. The summed E-state index contributed by atoms with van der Waals surface area (Å²) in [6, 6.07) is 1.74. The molecule has 0 spiro atoms. The second-order valence-corrected chi connectivity index (χ2v) is 1.70. The fourth-order valence-electron chi connectivity index (χ4n) is 0.387. The van der Waals surface area contributed by atoms with Crippen LogP contribution in [0.1, 0.15) is 0 Å². The molecule has 0 aliphatic heterocycles. The zero-order chi connectivity index (χ0) is 7.28. The largest absolute Gasteiger partial charge is 0.274 e. The van der Waals surface area contributed by atoms with Gasteiger partial charge in [-0.25, -0.2) is 0 Å². The minimum atomic E-state index is 0.544. The van der Waals surface area contributed by atoms with Crippen molar-refractivity contribution >= 4 is 24.2 Å². The minimum Gasteiger partial charge on any atom is -0.274 e. The molecule has 0 aliphatic carbocycles. The van der Waals surface area contributed by atoms with Gasteiger partial charge in [-0.1, -0.05) is 11.6 Å². The van der Waals surface area contributed by atoms with Gasteiger partial charge in [0.15, 0.2) is 5.15 Å². The lowest BCUT2D eigenvalue weighted by Crippen LogP contribution is -1.84. The van der Waals surface area contributed by atoms with Crippen LogP contribution in [0.3, 0.4) is 0 Å². The van der Waals surface area contributed by atoms with Crippen molar-refractivity contribution in [2.75, 3.05) is 6.26 Å². The molecule has 0 radical (unpaired) electrons. The molecule has 0 saturated carbocycles. The average molecular weight is 165 g/mol. The summed E-state index contributed by atoms with van der Waals surface area (Å²) in [6.07, 6.45) is 3.49. The Morgan fingerprint density at radius 1 is 1.67 bits per heavy atom. The molecule has 0 aromatic carbocycles. The number of rotatable bonds is 0. The van der Waals surface area contributed by atoms with Crippen LogP contribution in [0.2, 0.25) is 5.15 Å². The zero-order valence-electron chi connectivity index (χ0n) is 5.37. The monoisotopic (exact) mass is 164 g/mol. The highest BCUT2D eigenvalue weighted by Crippen LogP contribution is 1.99. The molecule has 0 amide bonds. The molecule has 0 N–H and O–H groups in total. The molecule has 52 valence electrons. The molecule has 1 heterocycles. The third-order valence-corrected chi connectivity index (χ3v) is 0.883. The Hall–Kier alpha value is -0.150. The Morgan fingerprint density at radius 3 is 2.33 bits per heavy atom. The number of hydrogen-bond acceptors (Lipinski definition) is 2. The maximum atomic E-state index is 5.43. The van der Waals surface area contributed by atoms with Gasteiger partial charge in [0, 0.05) is 13.2 Å². The van der Waals surface area contributed by atoms with Crippen molar-refractivity contribution in [2.24, 2.45) is 7.05 Å². The van der Waals surface area contributed by atoms with Gasteiger partial charge >= 0.3 is 0 Å². The normalized spacial score (nSPS) is 8.00. The van der Waals surface area contributed by atoms with E-state index in [1.54, 1.807) is 23.2 Å². The van der Waals surface area contributed by atoms with Crippen LogP contribution in [-0.4, -0.2) is 16.0 Å². The van der Waals surface area contributed by atoms with Crippen LogP contribution in [0.4, 0.5) is 0 Å². The third-order valence-electron chi connectivity index (χ3n) is 0.681. The minimum absolute atomic E-state index is 0.544. The lowest BCUT2D eigenvalue weighted by atomic mass is 10.7. The Balaban J connectivity index is 0.000000291. The second-order valence-electron chi connectivity index (χ2n) is 1.31. The molecule has 0 atom stereocenters. The van der Waals surface area contributed by atoms with E-state index in [1.165, 1.54) is 0 Å². The standard InChI is InChI=1S/C4H5ClN2.CH4S/c1-7-3-2-4(5)6-7;1-2/h2-3H,1H3;2H,1H3. The van der Waals surface area contributed by atoms with Crippen LogP contribution < -0.4 is 0 Å². The number of hydrogen-bond donors (Lipinski definition) is 1. The van der Waals surface area contributed by atoms with E-state index in [0.29, 0.717) is 5.15 Å². The van der Waals surface area contributed by atoms with Crippen molar-refractivity contribution in [3.05, 3.63) is 17.4 Å². The lowest BCUT2D eigenvalue weighted by Gasteiger charge is -1.78. The Morgan fingerprint density at radius 2 is 2.22 bits per heavy atom. The van der Waals surface area contributed by atoms with Crippen molar-refractivity contribution in [2.45, 2.75) is 0 Å². The molecule has 0 unspecified atom stereocenters. The number of aryl methyl sites for hydroxylation is 1. The summed E-state index contributed by atoms with van der Waals surface area (Å²) in [5.41, 5.74) is 0. The second kappa shape index (κ2) is 4.70. The van der Waals surface area contributed by atoms with Crippen molar-refractivity contribution in [1.82, 2.24) is 9.78 Å². The first-order valence-corrected chi connectivity index (χ1v) is 3.66. The summed E-state index contributed by atoms with van der Waals surface area (Å²) in [6.45, 7) is 0. The van der Waals surface area contributed by atoms with E-state index in [-0.39, 0.29) is 0 Å². The molecule has 0 fully saturated rings. The molecule has 0 saturated heterocycles. The fourth-order valence-corrected chi connectivity index (χ4v) is 0.562. The molecule has 4 heteroatoms. The van der Waals surface area contributed by atoms with E-state index in [4.69, 9.17) is 11.6 Å². The van der Waals surface area contributed by atoms with Crippen LogP contribution in [0, 0.1) is 0 Å². The van der Waals surface area contributed by atoms with E-state index in [9.17, 15) is 0 Å². The highest BCUT2D eigenvalue weighted by Gasteiger charge is 1.84. The third kappa shape index (κ3) is 3.43. The van der Waals surface area contributed by atoms with E-state index >= 15 is 0 Å². The SMILES string of the molecule is CS.Cn1ccc(Cl)n1. The molecule has 1 aromatic rings. The van der Waals surface area contributed by atoms with E-state index in [1.807, 2.05) is 7.05 Å². The fraction of sp³-hybridized carbons (Fsp3) is 0.400. The summed E-state index contributed by atoms with van der Waals surface area (Å²) in [5, 5.41) is 4.34. The molecule has 9 heavy (non-hydrogen) atoms. The van der Waals surface area contributed by atoms with Gasteiger partial charge in [0.2, 0.25) is 0 Å². The van der Waals surface area contributed by atoms with Crippen LogP contribution in [0.25, 0.3) is 0 Å². The molecule has 0 aliphatic rings. The average Bonchev–Trinajstić information content (AvgIpc) is 2.20. The van der Waals surface area contributed by atoms with E-state index in [2.05, 4.69) is 17.7 Å². The molecule has 1 aromatic heterocycles. The van der Waals surface area contributed by atoms with E-state index in [0.717, 1.165) is 0 Å². The van der Waals surface area contributed by atoms with Crippen molar-refractivity contribution in [1.29, 1.82) is 0 Å². The van der Waals surface area contributed by atoms with Crippen molar-refractivity contribution in [3.63, 3.8) is 0 Å². The van der Waals surface area contributed by atoms with Gasteiger partial charge in [0.25, 0.3) is 0 Å². The van der Waals surface area contributed by atoms with Crippen LogP contribution >= 0.6 is 24.2 Å². The first-order chi connectivity index (χ1) is 4.29. The summed E-state index contributed by atoms with van der Waals surface area (Å²) in [7, 11) is 1.83. The topological polar surface area (TPSA) is 17.8 Å². The Labute approximate surface area is 65.2 Å². The summed E-state index contributed by atoms with van der Waals surface area (Å²) in [4.78, 5) is 0. The van der Waals surface area contributed by atoms with Gasteiger partial charge in [-0.15, -0.1) is 0 Å². The molecule has 2 nitrogen and oxygen atoms in total. The molecule has 1 rings (SSSR count). The molecular formula is C5H9ClN2S. The maximum Gasteiger partial charge on any atom is 0.151 e. The van der Waals surface area contributed by atoms with Crippen LogP contribution in [-0.2, 0) is 7.05 Å². The highest BCUT2D eigenvalue weighted by atomic mass is 35.5. The Kier molecular flexibility index (Phi) is 4.62. The summed E-state index contributed by atoms with van der Waals surface area (Å²) in [5.74, 6) is 0. The van der Waals surface area contributed by atoms with Gasteiger partial charge in [0.1, 0.15) is 0 Å². The summed E-state index contributed by atoms with van der Waals surface area (Å²) >= 11 is 8.96. The first kappa shape index (κ1) is 8.85. The van der Waals surface area contributed by atoms with Gasteiger partial charge in [-0.3, -0.25) is 4.68 Å². The van der Waals surface area contributed by atoms with Crippen molar-refractivity contribution in [3.8, 4) is 0 Å². The van der Waals surface area contributed by atoms with Crippen LogP contribution in [0.15, 0.2) is 12.3 Å². The van der Waals surface area contributed by atoms with Crippen molar-refractivity contribution < 1.29 is 0 Å². The van der Waals surface area contributed by atoms with E-state index < -0.39 is 0 Å². The molecular weight excluding hydrogens is 156 g/mol. The molecule has 0 bridgehead atoms. The first-order valence-electron chi connectivity index (χ1n) is 2.39. The van der Waals surface area contributed by atoms with Gasteiger partial charge in [-0.2, -0.15) is 17.7 Å². The quantitative estimate of drug-likeness (QED) is 0.577. The zero-order valence-corrected chi connectivity index (χ0v) is 7.02. The summed E-state index contributed by atoms with van der Waals surface area (Å²) < 4.78 is 1.66. The van der Waals surface area contributed by atoms with Gasteiger partial charge in [0.05, 0.1) is 0 Å². The predicted octanol–water partition coefficient (Wildman–Crippen LogP) is 1.62. The number of thiol groups is 1. The lowest BCUT2D eigenvalue weighted by molar-refractivity contribution is 0.768. The van der Waals surface area contributed by atoms with Gasteiger partial charge in [-0.05, 0) is 12.3 Å². The number of halogens is 1. The van der Waals surface area contributed by atoms with Gasteiger partial charge < -0.3 is 0 Å². The number of nitrogens with zero attached hydrogens (tertiary/aromatic N) is 2. The highest BCUT2D eigenvalue weighted by molar-refractivity contribution is 7.79. The predicted molar refractivity (Wildman–Crippen MR) is 43.1 cm³/mol. The Bertz CT molecular complexity index is 147. The smallest absolute Gasteiger partial charge is 0.151 e. The number of aromatic nitrogens is 2. The van der Waals surface area contributed by atoms with Crippen LogP contribution in [0.5, 0.6) is 0 Å².